The molecule has 132 valence electrons. The molecule has 26 heavy (non-hydrogen) atoms. The zero-order valence-electron chi connectivity index (χ0n) is 15.6. The average Bonchev–Trinajstić information content (AvgIpc) is 3.10. The van der Waals surface area contributed by atoms with Crippen LogP contribution < -0.4 is 0 Å². The number of carbonyl (C=O) groups excluding carboxylic acids is 1. The SMILES string of the molecule is Cc1ccc(C2c3cccn3CCN2C(=O)c2ccccc2C)c(C)c1. The topological polar surface area (TPSA) is 25.2 Å². The van der Waals surface area contributed by atoms with Crippen molar-refractivity contribution in [1.29, 1.82) is 0 Å². The van der Waals surface area contributed by atoms with E-state index in [4.69, 9.17) is 0 Å². The van der Waals surface area contributed by atoms with Gasteiger partial charge < -0.3 is 9.47 Å². The summed E-state index contributed by atoms with van der Waals surface area (Å²) in [5.74, 6) is 0.112. The number of aryl methyl sites for hydroxylation is 3. The van der Waals surface area contributed by atoms with Crippen molar-refractivity contribution in [2.45, 2.75) is 33.4 Å². The van der Waals surface area contributed by atoms with E-state index in [0.29, 0.717) is 6.54 Å². The van der Waals surface area contributed by atoms with Gasteiger partial charge >= 0.3 is 0 Å². The molecule has 1 amide bonds. The molecule has 3 aromatic rings. The molecule has 4 rings (SSSR count). The molecule has 2 heterocycles. The maximum absolute atomic E-state index is 13.4. The smallest absolute Gasteiger partial charge is 0.255 e. The first-order chi connectivity index (χ1) is 12.6. The molecule has 1 atom stereocenters. The van der Waals surface area contributed by atoms with Crippen LogP contribution in [-0.4, -0.2) is 21.9 Å². The van der Waals surface area contributed by atoms with Gasteiger partial charge in [-0.2, -0.15) is 0 Å². The summed E-state index contributed by atoms with van der Waals surface area (Å²) in [5.41, 5.74) is 6.68. The highest BCUT2D eigenvalue weighted by molar-refractivity contribution is 5.96. The molecule has 1 aromatic heterocycles. The van der Waals surface area contributed by atoms with E-state index in [9.17, 15) is 4.79 Å². The van der Waals surface area contributed by atoms with Gasteiger partial charge in [0.2, 0.25) is 0 Å². The second kappa shape index (κ2) is 6.49. The van der Waals surface area contributed by atoms with Crippen LogP contribution in [0.25, 0.3) is 0 Å². The molecule has 0 fully saturated rings. The van der Waals surface area contributed by atoms with Crippen molar-refractivity contribution in [2.24, 2.45) is 0 Å². The number of nitrogens with zero attached hydrogens (tertiary/aromatic N) is 2. The van der Waals surface area contributed by atoms with Gasteiger partial charge in [-0.3, -0.25) is 4.79 Å². The summed E-state index contributed by atoms with van der Waals surface area (Å²) in [6.45, 7) is 7.80. The molecule has 1 aliphatic rings. The quantitative estimate of drug-likeness (QED) is 0.664. The summed E-state index contributed by atoms with van der Waals surface area (Å²) in [7, 11) is 0. The highest BCUT2D eigenvalue weighted by Gasteiger charge is 2.33. The lowest BCUT2D eigenvalue weighted by molar-refractivity contribution is 0.0663. The first-order valence-electron chi connectivity index (χ1n) is 9.15. The third-order valence-electron chi connectivity index (χ3n) is 5.39. The van der Waals surface area contributed by atoms with Crippen LogP contribution in [0.2, 0.25) is 0 Å². The third-order valence-corrected chi connectivity index (χ3v) is 5.39. The van der Waals surface area contributed by atoms with Gasteiger partial charge in [0.05, 0.1) is 6.04 Å². The molecule has 2 aromatic carbocycles. The minimum absolute atomic E-state index is 0.0496. The lowest BCUT2D eigenvalue weighted by Gasteiger charge is -2.38. The lowest BCUT2D eigenvalue weighted by Crippen LogP contribution is -2.42. The fourth-order valence-corrected chi connectivity index (χ4v) is 4.03. The van der Waals surface area contributed by atoms with Gasteiger partial charge in [-0.15, -0.1) is 0 Å². The number of fused-ring (bicyclic) bond motifs is 1. The van der Waals surface area contributed by atoms with E-state index < -0.39 is 0 Å². The highest BCUT2D eigenvalue weighted by Crippen LogP contribution is 2.35. The summed E-state index contributed by atoms with van der Waals surface area (Å²) in [5, 5.41) is 0. The predicted molar refractivity (Wildman–Crippen MR) is 104 cm³/mol. The molecule has 0 bridgehead atoms. The van der Waals surface area contributed by atoms with Crippen LogP contribution >= 0.6 is 0 Å². The van der Waals surface area contributed by atoms with Crippen LogP contribution in [0.3, 0.4) is 0 Å². The van der Waals surface area contributed by atoms with Crippen LogP contribution in [-0.2, 0) is 6.54 Å². The Morgan fingerprint density at radius 1 is 0.923 bits per heavy atom. The first-order valence-corrected chi connectivity index (χ1v) is 9.15. The van der Waals surface area contributed by atoms with E-state index in [2.05, 4.69) is 54.9 Å². The Balaban J connectivity index is 1.83. The van der Waals surface area contributed by atoms with E-state index in [1.165, 1.54) is 22.4 Å². The zero-order chi connectivity index (χ0) is 18.3. The maximum Gasteiger partial charge on any atom is 0.255 e. The van der Waals surface area contributed by atoms with Gasteiger partial charge in [-0.1, -0.05) is 42.0 Å². The molecule has 1 aliphatic heterocycles. The van der Waals surface area contributed by atoms with Gasteiger partial charge in [-0.25, -0.2) is 0 Å². The molecular formula is C23H24N2O. The second-order valence-electron chi connectivity index (χ2n) is 7.20. The standard InChI is InChI=1S/C23H24N2O/c1-16-10-11-19(18(3)15-16)22-21-9-6-12-24(21)13-14-25(22)23(26)20-8-5-4-7-17(20)2/h4-12,15,22H,13-14H2,1-3H3. The van der Waals surface area contributed by atoms with Crippen molar-refractivity contribution >= 4 is 5.91 Å². The number of aromatic nitrogens is 1. The first kappa shape index (κ1) is 16.6. The van der Waals surface area contributed by atoms with Crippen molar-refractivity contribution in [3.63, 3.8) is 0 Å². The van der Waals surface area contributed by atoms with E-state index in [-0.39, 0.29) is 11.9 Å². The second-order valence-corrected chi connectivity index (χ2v) is 7.20. The minimum Gasteiger partial charge on any atom is -0.348 e. The van der Waals surface area contributed by atoms with Gasteiger partial charge in [0.25, 0.3) is 5.91 Å². The van der Waals surface area contributed by atoms with Crippen molar-refractivity contribution in [3.8, 4) is 0 Å². The molecular weight excluding hydrogens is 320 g/mol. The molecule has 3 nitrogen and oxygen atoms in total. The van der Waals surface area contributed by atoms with Crippen LogP contribution in [0.1, 0.15) is 44.3 Å². The van der Waals surface area contributed by atoms with E-state index in [0.717, 1.165) is 17.7 Å². The van der Waals surface area contributed by atoms with Crippen molar-refractivity contribution < 1.29 is 4.79 Å². The molecule has 0 spiro atoms. The van der Waals surface area contributed by atoms with Gasteiger partial charge in [0.1, 0.15) is 0 Å². The third kappa shape index (κ3) is 2.74. The van der Waals surface area contributed by atoms with Crippen LogP contribution in [0, 0.1) is 20.8 Å². The Hall–Kier alpha value is -2.81. The lowest BCUT2D eigenvalue weighted by atomic mass is 9.93. The summed E-state index contributed by atoms with van der Waals surface area (Å²) in [4.78, 5) is 15.5. The fourth-order valence-electron chi connectivity index (χ4n) is 4.03. The Morgan fingerprint density at radius 3 is 2.50 bits per heavy atom. The van der Waals surface area contributed by atoms with Gasteiger partial charge in [0, 0.05) is 30.5 Å². The van der Waals surface area contributed by atoms with Gasteiger partial charge in [0.15, 0.2) is 0 Å². The number of carbonyl (C=O) groups is 1. The normalized spacial score (nSPS) is 16.4. The Labute approximate surface area is 154 Å². The molecule has 0 aliphatic carbocycles. The van der Waals surface area contributed by atoms with Crippen LogP contribution in [0.15, 0.2) is 60.8 Å². The molecule has 0 saturated carbocycles. The Morgan fingerprint density at radius 2 is 1.73 bits per heavy atom. The van der Waals surface area contributed by atoms with Crippen molar-refractivity contribution in [2.75, 3.05) is 6.54 Å². The summed E-state index contributed by atoms with van der Waals surface area (Å²) < 4.78 is 2.27. The summed E-state index contributed by atoms with van der Waals surface area (Å²) >= 11 is 0. The van der Waals surface area contributed by atoms with E-state index in [1.54, 1.807) is 0 Å². The summed E-state index contributed by atoms with van der Waals surface area (Å²) in [6.07, 6.45) is 2.11. The Bertz CT molecular complexity index is 970. The molecule has 0 radical (unpaired) electrons. The van der Waals surface area contributed by atoms with Crippen LogP contribution in [0.4, 0.5) is 0 Å². The maximum atomic E-state index is 13.4. The number of rotatable bonds is 2. The minimum atomic E-state index is -0.0496. The fraction of sp³-hybridized carbons (Fsp3) is 0.261. The van der Waals surface area contributed by atoms with Crippen molar-refractivity contribution in [3.05, 3.63) is 94.3 Å². The number of hydrogen-bond acceptors (Lipinski definition) is 1. The van der Waals surface area contributed by atoms with E-state index >= 15 is 0 Å². The number of amides is 1. The predicted octanol–water partition coefficient (Wildman–Crippen LogP) is 4.66. The zero-order valence-corrected chi connectivity index (χ0v) is 15.6. The van der Waals surface area contributed by atoms with Crippen molar-refractivity contribution in [1.82, 2.24) is 9.47 Å². The largest absolute Gasteiger partial charge is 0.348 e. The highest BCUT2D eigenvalue weighted by atomic mass is 16.2. The number of hydrogen-bond donors (Lipinski definition) is 0. The molecule has 0 N–H and O–H groups in total. The average molecular weight is 344 g/mol. The number of benzene rings is 2. The van der Waals surface area contributed by atoms with Crippen LogP contribution in [0.5, 0.6) is 0 Å². The Kier molecular flexibility index (Phi) is 4.15. The monoisotopic (exact) mass is 344 g/mol. The summed E-state index contributed by atoms with van der Waals surface area (Å²) in [6, 6.07) is 18.6. The van der Waals surface area contributed by atoms with E-state index in [1.807, 2.05) is 36.1 Å². The molecule has 1 unspecified atom stereocenters. The molecule has 3 heteroatoms. The van der Waals surface area contributed by atoms with Gasteiger partial charge in [-0.05, 0) is 55.7 Å². The molecule has 0 saturated heterocycles.